The third-order valence-corrected chi connectivity index (χ3v) is 5.99. The van der Waals surface area contributed by atoms with Crippen LogP contribution in [0.15, 0.2) is 24.7 Å². The fourth-order valence-electron chi connectivity index (χ4n) is 2.30. The molecule has 0 aliphatic carbocycles. The SMILES string of the molecule is C=C(C)OCC1C(OC(=C)C)C(O)C(NC(C)=O)P1C. The van der Waals surface area contributed by atoms with Crippen LogP contribution in [0.5, 0.6) is 0 Å². The second kappa shape index (κ2) is 7.09. The highest BCUT2D eigenvalue weighted by atomic mass is 31.1. The highest BCUT2D eigenvalue weighted by molar-refractivity contribution is 7.59. The lowest BCUT2D eigenvalue weighted by Gasteiger charge is -2.24. The summed E-state index contributed by atoms with van der Waals surface area (Å²) < 4.78 is 11.2. The zero-order chi connectivity index (χ0) is 15.4. The monoisotopic (exact) mass is 301 g/mol. The molecule has 5 unspecified atom stereocenters. The fourth-order valence-corrected chi connectivity index (χ4v) is 4.76. The number of allylic oxidation sites excluding steroid dienone is 2. The first-order chi connectivity index (χ1) is 9.23. The molecule has 114 valence electrons. The summed E-state index contributed by atoms with van der Waals surface area (Å²) in [6, 6.07) is 0. The average Bonchev–Trinajstić information content (AvgIpc) is 2.51. The van der Waals surface area contributed by atoms with Gasteiger partial charge in [-0.2, -0.15) is 0 Å². The van der Waals surface area contributed by atoms with Crippen molar-refractivity contribution in [3.8, 4) is 0 Å². The van der Waals surface area contributed by atoms with E-state index in [1.54, 1.807) is 13.8 Å². The minimum absolute atomic E-state index is 0.0187. The molecule has 1 rings (SSSR count). The number of ether oxygens (including phenoxy) is 2. The molecule has 1 heterocycles. The largest absolute Gasteiger partial charge is 0.498 e. The van der Waals surface area contributed by atoms with Crippen molar-refractivity contribution >= 4 is 13.8 Å². The Morgan fingerprint density at radius 1 is 1.30 bits per heavy atom. The molecule has 1 aliphatic rings. The van der Waals surface area contributed by atoms with Crippen LogP contribution in [0.4, 0.5) is 0 Å². The summed E-state index contributed by atoms with van der Waals surface area (Å²) in [5.74, 6) is 0.728. The summed E-state index contributed by atoms with van der Waals surface area (Å²) in [7, 11) is -0.678. The molecule has 6 heteroatoms. The first kappa shape index (κ1) is 17.0. The molecule has 0 radical (unpaired) electrons. The predicted octanol–water partition coefficient (Wildman–Crippen LogP) is 1.77. The van der Waals surface area contributed by atoms with Gasteiger partial charge in [-0.25, -0.2) is 0 Å². The number of carbonyl (C=O) groups excluding carboxylic acids is 1. The van der Waals surface area contributed by atoms with Crippen LogP contribution in [0.25, 0.3) is 0 Å². The highest BCUT2D eigenvalue weighted by Gasteiger charge is 2.50. The molecule has 5 nitrogen and oxygen atoms in total. The number of nitrogens with one attached hydrogen (secondary N) is 1. The maximum absolute atomic E-state index is 11.3. The lowest BCUT2D eigenvalue weighted by atomic mass is 10.1. The average molecular weight is 301 g/mol. The molecule has 0 bridgehead atoms. The molecule has 0 aromatic rings. The van der Waals surface area contributed by atoms with Gasteiger partial charge in [-0.05, 0) is 20.5 Å². The molecule has 20 heavy (non-hydrogen) atoms. The molecule has 1 fully saturated rings. The Morgan fingerprint density at radius 3 is 2.35 bits per heavy atom. The van der Waals surface area contributed by atoms with Crippen molar-refractivity contribution in [1.82, 2.24) is 5.32 Å². The molecule has 1 amide bonds. The van der Waals surface area contributed by atoms with E-state index < -0.39 is 20.1 Å². The first-order valence-electron chi connectivity index (χ1n) is 6.51. The van der Waals surface area contributed by atoms with E-state index in [0.717, 1.165) is 0 Å². The van der Waals surface area contributed by atoms with Crippen molar-refractivity contribution in [2.24, 2.45) is 0 Å². The van der Waals surface area contributed by atoms with E-state index in [1.165, 1.54) is 6.92 Å². The Labute approximate surface area is 121 Å². The second-order valence-corrected chi connectivity index (χ2v) is 7.72. The number of rotatable bonds is 6. The number of hydrogen-bond acceptors (Lipinski definition) is 4. The summed E-state index contributed by atoms with van der Waals surface area (Å²) in [6.45, 7) is 14.9. The maximum atomic E-state index is 11.3. The molecule has 1 saturated heterocycles. The van der Waals surface area contributed by atoms with E-state index in [2.05, 4.69) is 18.5 Å². The Hall–Kier alpha value is -1.06. The first-order valence-corrected chi connectivity index (χ1v) is 8.44. The maximum Gasteiger partial charge on any atom is 0.217 e. The minimum atomic E-state index is -0.759. The van der Waals surface area contributed by atoms with Crippen LogP contribution >= 0.6 is 7.92 Å². The van der Waals surface area contributed by atoms with Crippen molar-refractivity contribution in [2.45, 2.75) is 44.4 Å². The van der Waals surface area contributed by atoms with Crippen molar-refractivity contribution in [3.63, 3.8) is 0 Å². The molecule has 5 atom stereocenters. The van der Waals surface area contributed by atoms with Crippen molar-refractivity contribution in [2.75, 3.05) is 13.3 Å². The predicted molar refractivity (Wildman–Crippen MR) is 80.7 cm³/mol. The van der Waals surface area contributed by atoms with Crippen LogP contribution in [0.2, 0.25) is 0 Å². The van der Waals surface area contributed by atoms with Gasteiger partial charge in [0.15, 0.2) is 0 Å². The van der Waals surface area contributed by atoms with Crippen molar-refractivity contribution < 1.29 is 19.4 Å². The van der Waals surface area contributed by atoms with E-state index in [9.17, 15) is 9.90 Å². The Balaban J connectivity index is 2.87. The Bertz CT molecular complexity index is 399. The van der Waals surface area contributed by atoms with Gasteiger partial charge in [0.1, 0.15) is 12.2 Å². The van der Waals surface area contributed by atoms with Gasteiger partial charge < -0.3 is 19.9 Å². The van der Waals surface area contributed by atoms with Crippen LogP contribution in [0, 0.1) is 0 Å². The van der Waals surface area contributed by atoms with Gasteiger partial charge in [0.25, 0.3) is 0 Å². The van der Waals surface area contributed by atoms with Gasteiger partial charge in [0.05, 0.1) is 29.6 Å². The molecule has 2 N–H and O–H groups in total. The second-order valence-electron chi connectivity index (χ2n) is 5.17. The lowest BCUT2D eigenvalue weighted by molar-refractivity contribution is -0.120. The molecule has 0 aromatic carbocycles. The number of aliphatic hydroxyl groups is 1. The third kappa shape index (κ3) is 4.22. The number of aliphatic hydroxyl groups excluding tert-OH is 1. The topological polar surface area (TPSA) is 67.8 Å². The number of hydrogen-bond donors (Lipinski definition) is 2. The summed E-state index contributed by atoms with van der Waals surface area (Å²) in [6.07, 6.45) is -1.18. The van der Waals surface area contributed by atoms with Gasteiger partial charge in [-0.3, -0.25) is 4.79 Å². The van der Waals surface area contributed by atoms with Crippen molar-refractivity contribution in [1.29, 1.82) is 0 Å². The molecular formula is C14H24NO4P. The fraction of sp³-hybridized carbons (Fsp3) is 0.643. The summed E-state index contributed by atoms with van der Waals surface area (Å²) in [5.41, 5.74) is 0.0187. The van der Waals surface area contributed by atoms with Crippen LogP contribution < -0.4 is 5.32 Å². The summed E-state index contributed by atoms with van der Waals surface area (Å²) in [5, 5.41) is 13.2. The Kier molecular flexibility index (Phi) is 6.03. The summed E-state index contributed by atoms with van der Waals surface area (Å²) >= 11 is 0. The van der Waals surface area contributed by atoms with Crippen LogP contribution in [-0.4, -0.2) is 47.9 Å². The van der Waals surface area contributed by atoms with Crippen LogP contribution in [0.3, 0.4) is 0 Å². The van der Waals surface area contributed by atoms with Gasteiger partial charge in [0.2, 0.25) is 5.91 Å². The van der Waals surface area contributed by atoms with Gasteiger partial charge in [-0.1, -0.05) is 21.1 Å². The zero-order valence-electron chi connectivity index (χ0n) is 12.5. The molecule has 1 aliphatic heterocycles. The normalized spacial score (nSPS) is 32.5. The molecule has 0 aromatic heterocycles. The van der Waals surface area contributed by atoms with Gasteiger partial charge in [-0.15, -0.1) is 0 Å². The highest BCUT2D eigenvalue weighted by Crippen LogP contribution is 2.53. The standard InChI is InChI=1S/C14H24NO4P/c1-8(2)18-7-11-13(19-9(3)4)12(17)14(20(11)6)15-10(5)16/h11-14,17H,1,3,7H2,2,4-6H3,(H,15,16). The quantitative estimate of drug-likeness (QED) is 0.579. The number of carbonyl (C=O) groups is 1. The third-order valence-electron chi connectivity index (χ3n) is 3.19. The smallest absolute Gasteiger partial charge is 0.217 e. The van der Waals surface area contributed by atoms with Crippen molar-refractivity contribution in [3.05, 3.63) is 24.7 Å². The molecular weight excluding hydrogens is 277 g/mol. The van der Waals surface area contributed by atoms with E-state index >= 15 is 0 Å². The van der Waals surface area contributed by atoms with Crippen LogP contribution in [0.1, 0.15) is 20.8 Å². The summed E-state index contributed by atoms with van der Waals surface area (Å²) in [4.78, 5) is 11.3. The van der Waals surface area contributed by atoms with Crippen LogP contribution in [-0.2, 0) is 14.3 Å². The number of amides is 1. The van der Waals surface area contributed by atoms with E-state index in [0.29, 0.717) is 18.1 Å². The minimum Gasteiger partial charge on any atom is -0.498 e. The van der Waals surface area contributed by atoms with E-state index in [-0.39, 0.29) is 17.3 Å². The van der Waals surface area contributed by atoms with E-state index in [1.807, 2.05) is 6.66 Å². The van der Waals surface area contributed by atoms with Gasteiger partial charge in [0, 0.05) is 6.92 Å². The van der Waals surface area contributed by atoms with E-state index in [4.69, 9.17) is 9.47 Å². The lowest BCUT2D eigenvalue weighted by Crippen LogP contribution is -2.43. The zero-order valence-corrected chi connectivity index (χ0v) is 13.4. The molecule has 0 saturated carbocycles. The Morgan fingerprint density at radius 2 is 1.90 bits per heavy atom. The molecule has 0 spiro atoms. The van der Waals surface area contributed by atoms with Gasteiger partial charge >= 0.3 is 0 Å².